The molecule has 0 radical (unpaired) electrons. The Morgan fingerprint density at radius 3 is 2.13 bits per heavy atom. The van der Waals surface area contributed by atoms with Gasteiger partial charge in [0.25, 0.3) is 11.8 Å². The number of hydrogen-bond acceptors (Lipinski definition) is 5. The lowest BCUT2D eigenvalue weighted by Gasteiger charge is -2.16. The molecule has 2 amide bonds. The molecule has 0 aromatic heterocycles. The van der Waals surface area contributed by atoms with Crippen molar-refractivity contribution in [3.05, 3.63) is 89.9 Å². The van der Waals surface area contributed by atoms with Crippen molar-refractivity contribution in [1.82, 2.24) is 0 Å². The number of ether oxygens (including phenoxy) is 2. The Hall–Kier alpha value is -4.13. The van der Waals surface area contributed by atoms with E-state index in [4.69, 9.17) is 9.47 Å². The van der Waals surface area contributed by atoms with Crippen LogP contribution in [-0.2, 0) is 9.59 Å². The smallest absolute Gasteiger partial charge is 0.282 e. The fourth-order valence-electron chi connectivity index (χ4n) is 3.39. The Morgan fingerprint density at radius 2 is 1.48 bits per heavy atom. The van der Waals surface area contributed by atoms with Crippen molar-refractivity contribution in [3.63, 3.8) is 0 Å². The van der Waals surface area contributed by atoms with E-state index in [1.165, 1.54) is 38.5 Å². The minimum atomic E-state index is -0.527. The third-order valence-electron chi connectivity index (χ3n) is 4.90. The number of carbonyl (C=O) groups excluding carboxylic acids is 2. The van der Waals surface area contributed by atoms with Crippen LogP contribution in [-0.4, -0.2) is 26.0 Å². The third-order valence-corrected chi connectivity index (χ3v) is 4.90. The van der Waals surface area contributed by atoms with Crippen LogP contribution in [0.1, 0.15) is 5.56 Å². The molecule has 0 bridgehead atoms. The van der Waals surface area contributed by atoms with Crippen molar-refractivity contribution in [2.75, 3.05) is 24.4 Å². The summed E-state index contributed by atoms with van der Waals surface area (Å²) < 4.78 is 23.9. The summed E-state index contributed by atoms with van der Waals surface area (Å²) in [6.45, 7) is 0. The predicted octanol–water partition coefficient (Wildman–Crippen LogP) is 4.24. The van der Waals surface area contributed by atoms with Crippen LogP contribution >= 0.6 is 0 Å². The molecule has 1 heterocycles. The van der Waals surface area contributed by atoms with Gasteiger partial charge in [0.15, 0.2) is 0 Å². The van der Waals surface area contributed by atoms with Crippen LogP contribution in [0.2, 0.25) is 0 Å². The number of nitrogens with one attached hydrogen (secondary N) is 1. The van der Waals surface area contributed by atoms with Crippen molar-refractivity contribution in [2.24, 2.45) is 0 Å². The highest BCUT2D eigenvalue weighted by molar-refractivity contribution is 6.46. The molecule has 0 unspecified atom stereocenters. The van der Waals surface area contributed by atoms with Crippen molar-refractivity contribution in [2.45, 2.75) is 0 Å². The van der Waals surface area contributed by atoms with Crippen LogP contribution in [0, 0.1) is 5.82 Å². The molecule has 0 atom stereocenters. The first-order chi connectivity index (χ1) is 15.0. The molecule has 0 saturated carbocycles. The van der Waals surface area contributed by atoms with E-state index >= 15 is 0 Å². The highest BCUT2D eigenvalue weighted by atomic mass is 19.1. The van der Waals surface area contributed by atoms with Gasteiger partial charge in [0.1, 0.15) is 23.0 Å². The maximum atomic E-state index is 13.5. The summed E-state index contributed by atoms with van der Waals surface area (Å²) in [6, 6.07) is 19.1. The average Bonchev–Trinajstić information content (AvgIpc) is 3.04. The van der Waals surface area contributed by atoms with Crippen LogP contribution in [0.3, 0.4) is 0 Å². The molecule has 7 heteroatoms. The van der Waals surface area contributed by atoms with Gasteiger partial charge in [-0.05, 0) is 54.6 Å². The van der Waals surface area contributed by atoms with Crippen LogP contribution in [0.25, 0.3) is 5.57 Å². The van der Waals surface area contributed by atoms with Gasteiger partial charge in [0, 0.05) is 11.3 Å². The summed E-state index contributed by atoms with van der Waals surface area (Å²) in [7, 11) is 3.03. The molecule has 156 valence electrons. The largest absolute Gasteiger partial charge is 0.497 e. The van der Waals surface area contributed by atoms with Crippen LogP contribution < -0.4 is 19.7 Å². The van der Waals surface area contributed by atoms with Gasteiger partial charge in [-0.3, -0.25) is 9.59 Å². The standard InChI is InChI=1S/C24H19FN2O4/c1-30-18-13-11-17(12-14-18)27-23(28)21(19-5-3-4-6-20(19)31-2)22(24(27)29)26-16-9-7-15(25)8-10-16/h3-14,26H,1-2H3. The molecule has 0 spiro atoms. The first-order valence-electron chi connectivity index (χ1n) is 9.46. The van der Waals surface area contributed by atoms with E-state index in [1.807, 2.05) is 0 Å². The van der Waals surface area contributed by atoms with Gasteiger partial charge in [-0.15, -0.1) is 0 Å². The normalized spacial score (nSPS) is 13.6. The first kappa shape index (κ1) is 20.2. The predicted molar refractivity (Wildman–Crippen MR) is 115 cm³/mol. The summed E-state index contributed by atoms with van der Waals surface area (Å²) in [5.41, 5.74) is 1.60. The number of para-hydroxylation sites is 1. The molecule has 1 aliphatic rings. The van der Waals surface area contributed by atoms with Gasteiger partial charge < -0.3 is 14.8 Å². The number of nitrogens with zero attached hydrogens (tertiary/aromatic N) is 1. The van der Waals surface area contributed by atoms with Crippen molar-refractivity contribution >= 4 is 28.8 Å². The maximum absolute atomic E-state index is 13.5. The van der Waals surface area contributed by atoms with Crippen molar-refractivity contribution in [3.8, 4) is 11.5 Å². The average molecular weight is 418 g/mol. The number of carbonyl (C=O) groups is 2. The summed E-state index contributed by atoms with van der Waals surface area (Å²) >= 11 is 0. The molecule has 3 aromatic rings. The monoisotopic (exact) mass is 418 g/mol. The Bertz CT molecular complexity index is 1170. The Balaban J connectivity index is 1.83. The number of halogens is 1. The second-order valence-corrected chi connectivity index (χ2v) is 6.73. The molecule has 3 aromatic carbocycles. The lowest BCUT2D eigenvalue weighted by Crippen LogP contribution is -2.32. The van der Waals surface area contributed by atoms with Gasteiger partial charge in [0.2, 0.25) is 0 Å². The van der Waals surface area contributed by atoms with E-state index < -0.39 is 17.6 Å². The zero-order valence-corrected chi connectivity index (χ0v) is 16.9. The topological polar surface area (TPSA) is 67.9 Å². The number of anilines is 2. The highest BCUT2D eigenvalue weighted by Crippen LogP contribution is 2.37. The molecule has 31 heavy (non-hydrogen) atoms. The molecule has 1 N–H and O–H groups in total. The second kappa shape index (κ2) is 8.31. The summed E-state index contributed by atoms with van der Waals surface area (Å²) in [4.78, 5) is 27.9. The Kier molecular flexibility index (Phi) is 5.41. The van der Waals surface area contributed by atoms with E-state index in [1.54, 1.807) is 48.5 Å². The zero-order valence-electron chi connectivity index (χ0n) is 16.9. The Morgan fingerprint density at radius 1 is 0.806 bits per heavy atom. The van der Waals surface area contributed by atoms with Crippen molar-refractivity contribution < 1.29 is 23.5 Å². The van der Waals surface area contributed by atoms with E-state index in [2.05, 4.69) is 5.32 Å². The summed E-state index contributed by atoms with van der Waals surface area (Å²) in [5.74, 6) is -0.373. The number of amides is 2. The van der Waals surface area contributed by atoms with Crippen molar-refractivity contribution in [1.29, 1.82) is 0 Å². The number of rotatable bonds is 6. The highest BCUT2D eigenvalue weighted by Gasteiger charge is 2.41. The number of benzene rings is 3. The summed E-state index contributed by atoms with van der Waals surface area (Å²) in [6.07, 6.45) is 0. The number of methoxy groups -OCH3 is 2. The first-order valence-corrected chi connectivity index (χ1v) is 9.46. The minimum absolute atomic E-state index is 0.0805. The van der Waals surface area contributed by atoms with Crippen LogP contribution in [0.15, 0.2) is 78.5 Å². The molecule has 6 nitrogen and oxygen atoms in total. The Labute approximate surface area is 178 Å². The summed E-state index contributed by atoms with van der Waals surface area (Å²) in [5, 5.41) is 2.99. The van der Waals surface area contributed by atoms with Gasteiger partial charge in [-0.25, -0.2) is 9.29 Å². The maximum Gasteiger partial charge on any atom is 0.282 e. The third kappa shape index (κ3) is 3.73. The number of hydrogen-bond donors (Lipinski definition) is 1. The zero-order chi connectivity index (χ0) is 22.0. The molecule has 0 saturated heterocycles. The molecular formula is C24H19FN2O4. The fraction of sp³-hybridized carbons (Fsp3) is 0.0833. The van der Waals surface area contributed by atoms with E-state index in [-0.39, 0.29) is 11.3 Å². The van der Waals surface area contributed by atoms with Gasteiger partial charge in [-0.2, -0.15) is 0 Å². The van der Waals surface area contributed by atoms with E-state index in [0.717, 1.165) is 4.90 Å². The molecule has 1 aliphatic heterocycles. The van der Waals surface area contributed by atoms with Crippen LogP contribution in [0.4, 0.5) is 15.8 Å². The lowest BCUT2D eigenvalue weighted by atomic mass is 10.0. The molecule has 0 fully saturated rings. The number of imide groups is 1. The SMILES string of the molecule is COc1ccc(N2C(=O)C(Nc3ccc(F)cc3)=C(c3ccccc3OC)C2=O)cc1. The second-order valence-electron chi connectivity index (χ2n) is 6.73. The molecule has 0 aliphatic carbocycles. The molecule has 4 rings (SSSR count). The molecular weight excluding hydrogens is 399 g/mol. The minimum Gasteiger partial charge on any atom is -0.497 e. The quantitative estimate of drug-likeness (QED) is 0.607. The van der Waals surface area contributed by atoms with Gasteiger partial charge >= 0.3 is 0 Å². The van der Waals surface area contributed by atoms with E-state index in [0.29, 0.717) is 28.4 Å². The lowest BCUT2D eigenvalue weighted by molar-refractivity contribution is -0.120. The van der Waals surface area contributed by atoms with E-state index in [9.17, 15) is 14.0 Å². The van der Waals surface area contributed by atoms with Crippen LogP contribution in [0.5, 0.6) is 11.5 Å². The fourth-order valence-corrected chi connectivity index (χ4v) is 3.39. The van der Waals surface area contributed by atoms with Gasteiger partial charge in [-0.1, -0.05) is 18.2 Å². The van der Waals surface area contributed by atoms with Gasteiger partial charge in [0.05, 0.1) is 25.5 Å².